The van der Waals surface area contributed by atoms with E-state index in [4.69, 9.17) is 9.84 Å². The molecule has 1 fully saturated rings. The molecule has 6 heteroatoms. The first-order valence-corrected chi connectivity index (χ1v) is 8.78. The lowest BCUT2D eigenvalue weighted by atomic mass is 10.1. The van der Waals surface area contributed by atoms with Crippen molar-refractivity contribution < 1.29 is 23.8 Å². The van der Waals surface area contributed by atoms with Crippen molar-refractivity contribution in [1.82, 2.24) is 4.90 Å². The van der Waals surface area contributed by atoms with Crippen LogP contribution in [0.3, 0.4) is 0 Å². The van der Waals surface area contributed by atoms with Crippen LogP contribution in [0.25, 0.3) is 0 Å². The fourth-order valence-corrected chi connectivity index (χ4v) is 2.98. The van der Waals surface area contributed by atoms with Gasteiger partial charge in [-0.15, -0.1) is 0 Å². The van der Waals surface area contributed by atoms with Gasteiger partial charge >= 0.3 is 5.97 Å². The minimum absolute atomic E-state index is 0.0149. The Balaban J connectivity index is 1.96. The number of benzene rings is 1. The van der Waals surface area contributed by atoms with Crippen LogP contribution < -0.4 is 0 Å². The standard InChI is InChI=1S/C19H26FNO4/c1-3-25-10-4-9-21(12-13(2)19(23)24)18(22)17-11-16(17)14-5-7-15(20)8-6-14/h5-8,13,16-17H,3-4,9-12H2,1-2H3,(H,23,24). The number of nitrogens with zero attached hydrogens (tertiary/aromatic N) is 1. The summed E-state index contributed by atoms with van der Waals surface area (Å²) < 4.78 is 18.3. The summed E-state index contributed by atoms with van der Waals surface area (Å²) >= 11 is 0. The lowest BCUT2D eigenvalue weighted by molar-refractivity contribution is -0.143. The second-order valence-electron chi connectivity index (χ2n) is 6.57. The third-order valence-electron chi connectivity index (χ3n) is 4.55. The summed E-state index contributed by atoms with van der Waals surface area (Å²) in [5, 5.41) is 9.13. The summed E-state index contributed by atoms with van der Waals surface area (Å²) in [6.07, 6.45) is 1.41. The van der Waals surface area contributed by atoms with Crippen LogP contribution in [0.5, 0.6) is 0 Å². The third-order valence-corrected chi connectivity index (χ3v) is 4.55. The molecule has 1 N–H and O–H groups in total. The van der Waals surface area contributed by atoms with Crippen molar-refractivity contribution in [2.45, 2.75) is 32.6 Å². The summed E-state index contributed by atoms with van der Waals surface area (Å²) in [6, 6.07) is 6.24. The van der Waals surface area contributed by atoms with Gasteiger partial charge in [0.1, 0.15) is 5.82 Å². The highest BCUT2D eigenvalue weighted by molar-refractivity contribution is 5.83. The molecule has 1 aromatic rings. The Hall–Kier alpha value is -1.95. The SMILES string of the molecule is CCOCCCN(CC(C)C(=O)O)C(=O)C1CC1c1ccc(F)cc1. The summed E-state index contributed by atoms with van der Waals surface area (Å²) in [7, 11) is 0. The van der Waals surface area contributed by atoms with Gasteiger partial charge in [0.2, 0.25) is 5.91 Å². The fraction of sp³-hybridized carbons (Fsp3) is 0.579. The topological polar surface area (TPSA) is 66.8 Å². The molecule has 0 bridgehead atoms. The van der Waals surface area contributed by atoms with Crippen molar-refractivity contribution >= 4 is 11.9 Å². The Morgan fingerprint density at radius 2 is 2.04 bits per heavy atom. The zero-order valence-corrected chi connectivity index (χ0v) is 14.8. The summed E-state index contributed by atoms with van der Waals surface area (Å²) in [5.74, 6) is -1.87. The molecule has 5 nitrogen and oxygen atoms in total. The molecule has 1 aliphatic rings. The average Bonchev–Trinajstić information content (AvgIpc) is 3.38. The van der Waals surface area contributed by atoms with Crippen molar-refractivity contribution in [2.24, 2.45) is 11.8 Å². The normalized spacial score (nSPS) is 20.1. The Morgan fingerprint density at radius 3 is 2.64 bits per heavy atom. The zero-order chi connectivity index (χ0) is 18.4. The molecule has 1 aliphatic carbocycles. The quantitative estimate of drug-likeness (QED) is 0.658. The number of carboxylic acids is 1. The molecular weight excluding hydrogens is 325 g/mol. The van der Waals surface area contributed by atoms with Crippen LogP contribution >= 0.6 is 0 Å². The molecule has 3 atom stereocenters. The highest BCUT2D eigenvalue weighted by Crippen LogP contribution is 2.48. The van der Waals surface area contributed by atoms with Crippen molar-refractivity contribution in [3.8, 4) is 0 Å². The van der Waals surface area contributed by atoms with Crippen molar-refractivity contribution in [2.75, 3.05) is 26.3 Å². The van der Waals surface area contributed by atoms with E-state index in [9.17, 15) is 14.0 Å². The first-order valence-electron chi connectivity index (χ1n) is 8.78. The maximum absolute atomic E-state index is 13.0. The van der Waals surface area contributed by atoms with E-state index in [1.165, 1.54) is 12.1 Å². The molecule has 0 aromatic heterocycles. The summed E-state index contributed by atoms with van der Waals surface area (Å²) in [6.45, 7) is 5.38. The van der Waals surface area contributed by atoms with Crippen LogP contribution in [-0.2, 0) is 14.3 Å². The Labute approximate surface area is 147 Å². The lowest BCUT2D eigenvalue weighted by Crippen LogP contribution is -2.39. The number of aliphatic carboxylic acids is 1. The van der Waals surface area contributed by atoms with E-state index < -0.39 is 11.9 Å². The fourth-order valence-electron chi connectivity index (χ4n) is 2.98. The van der Waals surface area contributed by atoms with Gasteiger partial charge in [-0.1, -0.05) is 19.1 Å². The smallest absolute Gasteiger partial charge is 0.308 e. The molecule has 3 unspecified atom stereocenters. The second kappa shape index (κ2) is 8.94. The number of amides is 1. The maximum Gasteiger partial charge on any atom is 0.308 e. The Bertz CT molecular complexity index is 590. The molecular formula is C19H26FNO4. The first-order chi connectivity index (χ1) is 11.9. The van der Waals surface area contributed by atoms with Crippen LogP contribution in [0, 0.1) is 17.7 Å². The highest BCUT2D eigenvalue weighted by Gasteiger charge is 2.45. The van der Waals surface area contributed by atoms with E-state index in [0.29, 0.717) is 26.2 Å². The van der Waals surface area contributed by atoms with E-state index in [1.54, 1.807) is 24.0 Å². The van der Waals surface area contributed by atoms with Gasteiger partial charge in [-0.3, -0.25) is 9.59 Å². The van der Waals surface area contributed by atoms with Gasteiger partial charge in [-0.05, 0) is 43.4 Å². The molecule has 25 heavy (non-hydrogen) atoms. The predicted octanol–water partition coefficient (Wildman–Crippen LogP) is 2.91. The summed E-state index contributed by atoms with van der Waals surface area (Å²) in [5.41, 5.74) is 0.959. The lowest BCUT2D eigenvalue weighted by Gasteiger charge is -2.25. The molecule has 1 amide bonds. The van der Waals surface area contributed by atoms with Gasteiger partial charge < -0.3 is 14.7 Å². The van der Waals surface area contributed by atoms with Gasteiger partial charge in [0.15, 0.2) is 0 Å². The molecule has 0 heterocycles. The molecule has 1 aromatic carbocycles. The number of hydrogen-bond donors (Lipinski definition) is 1. The van der Waals surface area contributed by atoms with E-state index in [-0.39, 0.29) is 30.1 Å². The van der Waals surface area contributed by atoms with Crippen LogP contribution in [0.2, 0.25) is 0 Å². The van der Waals surface area contributed by atoms with E-state index in [0.717, 1.165) is 12.0 Å². The van der Waals surface area contributed by atoms with Crippen molar-refractivity contribution in [3.63, 3.8) is 0 Å². The van der Waals surface area contributed by atoms with E-state index in [1.807, 2.05) is 6.92 Å². The molecule has 0 aliphatic heterocycles. The van der Waals surface area contributed by atoms with E-state index in [2.05, 4.69) is 0 Å². The van der Waals surface area contributed by atoms with Gasteiger partial charge in [0.25, 0.3) is 0 Å². The van der Waals surface area contributed by atoms with Gasteiger partial charge in [-0.2, -0.15) is 0 Å². The van der Waals surface area contributed by atoms with E-state index >= 15 is 0 Å². The molecule has 138 valence electrons. The maximum atomic E-state index is 13.0. The predicted molar refractivity (Wildman–Crippen MR) is 91.7 cm³/mol. The number of halogens is 1. The number of rotatable bonds is 10. The molecule has 0 radical (unpaired) electrons. The summed E-state index contributed by atoms with van der Waals surface area (Å²) in [4.78, 5) is 25.6. The van der Waals surface area contributed by atoms with Crippen molar-refractivity contribution in [1.29, 1.82) is 0 Å². The van der Waals surface area contributed by atoms with Gasteiger partial charge in [0, 0.05) is 32.2 Å². The zero-order valence-electron chi connectivity index (χ0n) is 14.8. The van der Waals surface area contributed by atoms with Crippen LogP contribution in [0.1, 0.15) is 38.2 Å². The minimum Gasteiger partial charge on any atom is -0.481 e. The van der Waals surface area contributed by atoms with Crippen LogP contribution in [0.4, 0.5) is 4.39 Å². The second-order valence-corrected chi connectivity index (χ2v) is 6.57. The Kier molecular flexibility index (Phi) is 6.93. The van der Waals surface area contributed by atoms with Gasteiger partial charge in [0.05, 0.1) is 5.92 Å². The van der Waals surface area contributed by atoms with Gasteiger partial charge in [-0.25, -0.2) is 4.39 Å². The average molecular weight is 351 g/mol. The largest absolute Gasteiger partial charge is 0.481 e. The van der Waals surface area contributed by atoms with Crippen LogP contribution in [0.15, 0.2) is 24.3 Å². The first kappa shape index (κ1) is 19.4. The Morgan fingerprint density at radius 1 is 1.36 bits per heavy atom. The molecule has 0 spiro atoms. The number of carbonyl (C=O) groups is 2. The number of carbonyl (C=O) groups excluding carboxylic acids is 1. The molecule has 2 rings (SSSR count). The van der Waals surface area contributed by atoms with Crippen molar-refractivity contribution in [3.05, 3.63) is 35.6 Å². The van der Waals surface area contributed by atoms with Crippen LogP contribution in [-0.4, -0.2) is 48.2 Å². The minimum atomic E-state index is -0.909. The number of ether oxygens (including phenoxy) is 1. The molecule has 1 saturated carbocycles. The number of hydrogen-bond acceptors (Lipinski definition) is 3. The molecule has 0 saturated heterocycles. The monoisotopic (exact) mass is 351 g/mol. The third kappa shape index (κ3) is 5.53. The highest BCUT2D eigenvalue weighted by atomic mass is 19.1. The number of carboxylic acid groups (broad SMARTS) is 1.